The molecule has 2 aromatic heterocycles. The number of ether oxygens (including phenoxy) is 1. The van der Waals surface area contributed by atoms with E-state index in [0.29, 0.717) is 30.1 Å². The van der Waals surface area contributed by atoms with E-state index in [2.05, 4.69) is 27.5 Å². The number of aromatic nitrogens is 3. The van der Waals surface area contributed by atoms with E-state index < -0.39 is 0 Å². The van der Waals surface area contributed by atoms with Crippen LogP contribution in [0.1, 0.15) is 30.1 Å². The molecule has 1 N–H and O–H groups in total. The van der Waals surface area contributed by atoms with Crippen molar-refractivity contribution in [2.75, 3.05) is 7.11 Å². The molecule has 7 heteroatoms. The van der Waals surface area contributed by atoms with Crippen molar-refractivity contribution in [1.82, 2.24) is 15.4 Å². The van der Waals surface area contributed by atoms with Crippen molar-refractivity contribution in [1.29, 1.82) is 0 Å². The number of hydrogen-bond acceptors (Lipinski definition) is 6. The number of nitrogens with one attached hydrogen (secondary N) is 1. The zero-order valence-electron chi connectivity index (χ0n) is 17.7. The lowest BCUT2D eigenvalue weighted by molar-refractivity contribution is -0.939. The summed E-state index contributed by atoms with van der Waals surface area (Å²) in [5.41, 5.74) is 3.70. The van der Waals surface area contributed by atoms with Crippen LogP contribution in [0.4, 0.5) is 0 Å². The summed E-state index contributed by atoms with van der Waals surface area (Å²) < 4.78 is 16.8. The Labute approximate surface area is 180 Å². The highest BCUT2D eigenvalue weighted by Gasteiger charge is 2.35. The third-order valence-corrected chi connectivity index (χ3v) is 5.71. The SMILES string of the molecule is COc1ccc(C[NH+](Cc2nnc(-c3c(-c4ccccc4)noc3C)o2)C2CC2)cc1. The van der Waals surface area contributed by atoms with Crippen molar-refractivity contribution >= 4 is 0 Å². The predicted molar refractivity (Wildman–Crippen MR) is 114 cm³/mol. The highest BCUT2D eigenvalue weighted by atomic mass is 16.5. The molecule has 158 valence electrons. The second-order valence-electron chi connectivity index (χ2n) is 7.96. The van der Waals surface area contributed by atoms with Gasteiger partial charge >= 0.3 is 0 Å². The first-order chi connectivity index (χ1) is 15.2. The first-order valence-corrected chi connectivity index (χ1v) is 10.5. The van der Waals surface area contributed by atoms with Gasteiger partial charge < -0.3 is 18.6 Å². The molecule has 1 fully saturated rings. The highest BCUT2D eigenvalue weighted by molar-refractivity contribution is 5.77. The number of rotatable bonds is 8. The minimum Gasteiger partial charge on any atom is -0.497 e. The summed E-state index contributed by atoms with van der Waals surface area (Å²) in [5.74, 6) is 2.62. The average Bonchev–Trinajstić information content (AvgIpc) is 3.44. The maximum Gasteiger partial charge on any atom is 0.271 e. The molecule has 0 bridgehead atoms. The van der Waals surface area contributed by atoms with Crippen LogP contribution < -0.4 is 9.64 Å². The van der Waals surface area contributed by atoms with Crippen LogP contribution in [0.15, 0.2) is 63.5 Å². The van der Waals surface area contributed by atoms with Gasteiger partial charge in [0, 0.05) is 24.0 Å². The average molecular weight is 417 g/mol. The predicted octanol–water partition coefficient (Wildman–Crippen LogP) is 3.46. The Hall–Kier alpha value is -3.45. The maximum absolute atomic E-state index is 6.09. The summed E-state index contributed by atoms with van der Waals surface area (Å²) in [6.07, 6.45) is 2.46. The monoisotopic (exact) mass is 417 g/mol. The van der Waals surface area contributed by atoms with E-state index in [0.717, 1.165) is 29.1 Å². The molecule has 2 heterocycles. The molecule has 1 saturated carbocycles. The largest absolute Gasteiger partial charge is 0.497 e. The minimum absolute atomic E-state index is 0.451. The maximum atomic E-state index is 6.09. The van der Waals surface area contributed by atoms with Crippen LogP contribution in [0.5, 0.6) is 5.75 Å². The summed E-state index contributed by atoms with van der Waals surface area (Å²) in [5, 5.41) is 12.9. The Morgan fingerprint density at radius 3 is 2.48 bits per heavy atom. The molecule has 0 radical (unpaired) electrons. The van der Waals surface area contributed by atoms with Gasteiger partial charge in [0.1, 0.15) is 29.3 Å². The summed E-state index contributed by atoms with van der Waals surface area (Å²) in [6, 6.07) is 18.8. The van der Waals surface area contributed by atoms with Crippen molar-refractivity contribution in [3.63, 3.8) is 0 Å². The first-order valence-electron chi connectivity index (χ1n) is 10.5. The Morgan fingerprint density at radius 2 is 1.77 bits per heavy atom. The third kappa shape index (κ3) is 4.22. The summed E-state index contributed by atoms with van der Waals surface area (Å²) in [4.78, 5) is 1.44. The van der Waals surface area contributed by atoms with Gasteiger partial charge in [0.15, 0.2) is 6.54 Å². The van der Waals surface area contributed by atoms with Crippen molar-refractivity contribution in [2.45, 2.75) is 38.9 Å². The molecule has 0 saturated heterocycles. The zero-order chi connectivity index (χ0) is 21.2. The smallest absolute Gasteiger partial charge is 0.271 e. The molecule has 5 rings (SSSR count). The van der Waals surface area contributed by atoms with E-state index in [1.807, 2.05) is 49.4 Å². The third-order valence-electron chi connectivity index (χ3n) is 5.71. The van der Waals surface area contributed by atoms with Crippen molar-refractivity contribution in [2.24, 2.45) is 0 Å². The van der Waals surface area contributed by atoms with E-state index in [1.54, 1.807) is 7.11 Å². The quantitative estimate of drug-likeness (QED) is 0.473. The van der Waals surface area contributed by atoms with Crippen LogP contribution in [-0.4, -0.2) is 28.5 Å². The van der Waals surface area contributed by atoms with Gasteiger partial charge in [-0.2, -0.15) is 0 Å². The summed E-state index contributed by atoms with van der Waals surface area (Å²) in [6.45, 7) is 3.46. The standard InChI is InChI=1S/C24H24N4O3/c1-16-22(23(27-31-16)18-6-4-3-5-7-18)24-26-25-21(30-24)15-28(19-10-11-19)14-17-8-12-20(29-2)13-9-17/h3-9,12-13,19H,10-11,14-15H2,1-2H3/p+1. The number of aryl methyl sites for hydroxylation is 1. The summed E-state index contributed by atoms with van der Waals surface area (Å²) in [7, 11) is 1.68. The molecule has 1 atom stereocenters. The first kappa shape index (κ1) is 19.5. The van der Waals surface area contributed by atoms with Crippen LogP contribution in [-0.2, 0) is 13.1 Å². The fourth-order valence-electron chi connectivity index (χ4n) is 3.89. The molecule has 2 aromatic carbocycles. The number of hydrogen-bond donors (Lipinski definition) is 1. The number of methoxy groups -OCH3 is 1. The van der Waals surface area contributed by atoms with Crippen molar-refractivity contribution < 1.29 is 18.6 Å². The van der Waals surface area contributed by atoms with E-state index >= 15 is 0 Å². The topological polar surface area (TPSA) is 78.6 Å². The van der Waals surface area contributed by atoms with Crippen LogP contribution in [0.2, 0.25) is 0 Å². The Kier molecular flexibility index (Phi) is 5.26. The molecular weight excluding hydrogens is 392 g/mol. The summed E-state index contributed by atoms with van der Waals surface area (Å²) >= 11 is 0. The van der Waals surface area contributed by atoms with E-state index in [9.17, 15) is 0 Å². The molecule has 7 nitrogen and oxygen atoms in total. The van der Waals surface area contributed by atoms with Crippen LogP contribution >= 0.6 is 0 Å². The second-order valence-corrected chi connectivity index (χ2v) is 7.96. The van der Waals surface area contributed by atoms with Crippen LogP contribution in [0.25, 0.3) is 22.7 Å². The highest BCUT2D eigenvalue weighted by Crippen LogP contribution is 2.33. The van der Waals surface area contributed by atoms with Crippen LogP contribution in [0, 0.1) is 6.92 Å². The Morgan fingerprint density at radius 1 is 1.00 bits per heavy atom. The molecule has 31 heavy (non-hydrogen) atoms. The van der Waals surface area contributed by atoms with Gasteiger partial charge in [-0.3, -0.25) is 0 Å². The van der Waals surface area contributed by atoms with Crippen molar-refractivity contribution in [3.8, 4) is 28.5 Å². The van der Waals surface area contributed by atoms with E-state index in [-0.39, 0.29) is 0 Å². The normalized spacial score (nSPS) is 14.5. The van der Waals surface area contributed by atoms with Gasteiger partial charge in [0.05, 0.1) is 13.2 Å². The number of quaternary nitrogens is 1. The van der Waals surface area contributed by atoms with Gasteiger partial charge in [-0.05, 0) is 31.2 Å². The Bertz CT molecular complexity index is 1150. The van der Waals surface area contributed by atoms with Crippen LogP contribution in [0.3, 0.4) is 0 Å². The lowest BCUT2D eigenvalue weighted by atomic mass is 10.1. The van der Waals surface area contributed by atoms with Crippen molar-refractivity contribution in [3.05, 3.63) is 71.8 Å². The van der Waals surface area contributed by atoms with Gasteiger partial charge in [-0.25, -0.2) is 0 Å². The molecule has 0 aliphatic heterocycles. The zero-order valence-corrected chi connectivity index (χ0v) is 17.7. The lowest BCUT2D eigenvalue weighted by Gasteiger charge is -2.17. The second kappa shape index (κ2) is 8.35. The van der Waals surface area contributed by atoms with Gasteiger partial charge in [0.25, 0.3) is 11.8 Å². The van der Waals surface area contributed by atoms with E-state index in [4.69, 9.17) is 13.7 Å². The molecular formula is C24H25N4O3+. The molecule has 0 amide bonds. The molecule has 0 spiro atoms. The van der Waals surface area contributed by atoms with Gasteiger partial charge in [-0.15, -0.1) is 10.2 Å². The fraction of sp³-hybridized carbons (Fsp3) is 0.292. The van der Waals surface area contributed by atoms with Gasteiger partial charge in [-0.1, -0.05) is 35.5 Å². The fourth-order valence-corrected chi connectivity index (χ4v) is 3.89. The molecule has 1 aliphatic carbocycles. The minimum atomic E-state index is 0.451. The number of nitrogens with zero attached hydrogens (tertiary/aromatic N) is 3. The lowest BCUT2D eigenvalue weighted by Crippen LogP contribution is -3.10. The molecule has 1 unspecified atom stereocenters. The van der Waals surface area contributed by atoms with Gasteiger partial charge in [0.2, 0.25) is 0 Å². The molecule has 4 aromatic rings. The Balaban J connectivity index is 1.36. The molecule has 1 aliphatic rings. The number of benzene rings is 2. The van der Waals surface area contributed by atoms with E-state index in [1.165, 1.54) is 23.3 Å².